The molecule has 1 aliphatic carbocycles. The lowest BCUT2D eigenvalue weighted by molar-refractivity contribution is 0.170. The van der Waals surface area contributed by atoms with Crippen molar-refractivity contribution in [2.24, 2.45) is 5.92 Å². The zero-order valence-electron chi connectivity index (χ0n) is 11.6. The largest absolute Gasteiger partial charge is 0.381 e. The lowest BCUT2D eigenvalue weighted by Crippen LogP contribution is -2.49. The Labute approximate surface area is 111 Å². The van der Waals surface area contributed by atoms with Gasteiger partial charge in [-0.3, -0.25) is 0 Å². The molecule has 3 nitrogen and oxygen atoms in total. The highest BCUT2D eigenvalue weighted by Crippen LogP contribution is 2.32. The van der Waals surface area contributed by atoms with Gasteiger partial charge in [-0.25, -0.2) is 0 Å². The van der Waals surface area contributed by atoms with Gasteiger partial charge in [0.05, 0.1) is 0 Å². The highest BCUT2D eigenvalue weighted by Gasteiger charge is 2.36. The van der Waals surface area contributed by atoms with Crippen molar-refractivity contribution in [3.05, 3.63) is 0 Å². The Morgan fingerprint density at radius 1 is 1.22 bits per heavy atom. The van der Waals surface area contributed by atoms with Gasteiger partial charge in [-0.15, -0.1) is 0 Å². The fraction of sp³-hybridized carbons (Fsp3) is 1.00. The Kier molecular flexibility index (Phi) is 4.22. The number of rotatable bonds is 3. The fourth-order valence-corrected chi connectivity index (χ4v) is 3.97. The van der Waals surface area contributed by atoms with Gasteiger partial charge in [-0.05, 0) is 57.7 Å². The Morgan fingerprint density at radius 3 is 2.89 bits per heavy atom. The number of ether oxygens (including phenoxy) is 1. The van der Waals surface area contributed by atoms with E-state index in [1.807, 2.05) is 0 Å². The number of nitrogens with zero attached hydrogens (tertiary/aromatic N) is 1. The first-order chi connectivity index (χ1) is 8.86. The van der Waals surface area contributed by atoms with Gasteiger partial charge < -0.3 is 15.0 Å². The van der Waals surface area contributed by atoms with Crippen LogP contribution < -0.4 is 5.32 Å². The van der Waals surface area contributed by atoms with Crippen molar-refractivity contribution >= 4 is 0 Å². The van der Waals surface area contributed by atoms with E-state index in [4.69, 9.17) is 4.74 Å². The van der Waals surface area contributed by atoms with Crippen molar-refractivity contribution in [3.8, 4) is 0 Å². The van der Waals surface area contributed by atoms with Crippen molar-refractivity contribution in [2.45, 2.75) is 50.5 Å². The minimum atomic E-state index is 0.475. The third-order valence-corrected chi connectivity index (χ3v) is 5.12. The van der Waals surface area contributed by atoms with E-state index in [1.54, 1.807) is 0 Å². The second-order valence-electron chi connectivity index (χ2n) is 6.56. The molecule has 0 aromatic heterocycles. The summed E-state index contributed by atoms with van der Waals surface area (Å²) >= 11 is 0. The van der Waals surface area contributed by atoms with Crippen molar-refractivity contribution in [1.82, 2.24) is 10.2 Å². The molecule has 104 valence electrons. The third kappa shape index (κ3) is 3.06. The lowest BCUT2D eigenvalue weighted by Gasteiger charge is -2.33. The average Bonchev–Trinajstić information content (AvgIpc) is 2.99. The fourth-order valence-electron chi connectivity index (χ4n) is 3.97. The minimum absolute atomic E-state index is 0.475. The van der Waals surface area contributed by atoms with Crippen LogP contribution in [0.3, 0.4) is 0 Å². The molecular formula is C15H28N2O. The van der Waals surface area contributed by atoms with E-state index < -0.39 is 0 Å². The van der Waals surface area contributed by atoms with Gasteiger partial charge in [0.1, 0.15) is 0 Å². The maximum atomic E-state index is 5.48. The number of hydrogen-bond donors (Lipinski definition) is 1. The molecule has 2 heterocycles. The van der Waals surface area contributed by atoms with Gasteiger partial charge in [-0.2, -0.15) is 0 Å². The molecule has 1 saturated carbocycles. The molecule has 0 aromatic carbocycles. The van der Waals surface area contributed by atoms with Crippen LogP contribution in [0, 0.1) is 5.92 Å². The SMILES string of the molecule is C1CNC2(CCCC2)CN(CCC2CCOC2)C1. The predicted octanol–water partition coefficient (Wildman–Crippen LogP) is 2.02. The normalized spacial score (nSPS) is 33.0. The van der Waals surface area contributed by atoms with E-state index in [1.165, 1.54) is 71.1 Å². The lowest BCUT2D eigenvalue weighted by atomic mass is 9.96. The smallest absolute Gasteiger partial charge is 0.0495 e. The van der Waals surface area contributed by atoms with E-state index in [2.05, 4.69) is 10.2 Å². The Bertz CT molecular complexity index is 257. The minimum Gasteiger partial charge on any atom is -0.381 e. The summed E-state index contributed by atoms with van der Waals surface area (Å²) in [4.78, 5) is 2.73. The first-order valence-corrected chi connectivity index (χ1v) is 7.91. The van der Waals surface area contributed by atoms with Crippen LogP contribution in [0.25, 0.3) is 0 Å². The maximum Gasteiger partial charge on any atom is 0.0495 e. The average molecular weight is 252 g/mol. The van der Waals surface area contributed by atoms with Gasteiger partial charge in [0, 0.05) is 25.3 Å². The van der Waals surface area contributed by atoms with Gasteiger partial charge in [0.2, 0.25) is 0 Å². The highest BCUT2D eigenvalue weighted by atomic mass is 16.5. The van der Waals surface area contributed by atoms with Crippen LogP contribution in [0.15, 0.2) is 0 Å². The van der Waals surface area contributed by atoms with Crippen LogP contribution in [-0.2, 0) is 4.74 Å². The van der Waals surface area contributed by atoms with Crippen LogP contribution in [0.5, 0.6) is 0 Å². The summed E-state index contributed by atoms with van der Waals surface area (Å²) in [6.07, 6.45) is 9.61. The molecule has 3 fully saturated rings. The van der Waals surface area contributed by atoms with Gasteiger partial charge in [-0.1, -0.05) is 12.8 Å². The topological polar surface area (TPSA) is 24.5 Å². The molecule has 0 aromatic rings. The summed E-state index contributed by atoms with van der Waals surface area (Å²) in [5.41, 5.74) is 0.475. The highest BCUT2D eigenvalue weighted by molar-refractivity contribution is 4.96. The van der Waals surface area contributed by atoms with Crippen LogP contribution in [0.4, 0.5) is 0 Å². The monoisotopic (exact) mass is 252 g/mol. The molecule has 18 heavy (non-hydrogen) atoms. The van der Waals surface area contributed by atoms with E-state index in [-0.39, 0.29) is 0 Å². The Balaban J connectivity index is 1.50. The molecule has 1 spiro atoms. The third-order valence-electron chi connectivity index (χ3n) is 5.12. The van der Waals surface area contributed by atoms with E-state index in [9.17, 15) is 0 Å². The van der Waals surface area contributed by atoms with Crippen LogP contribution >= 0.6 is 0 Å². The van der Waals surface area contributed by atoms with E-state index in [0.717, 1.165) is 19.1 Å². The Morgan fingerprint density at radius 2 is 2.11 bits per heavy atom. The molecule has 1 unspecified atom stereocenters. The quantitative estimate of drug-likeness (QED) is 0.831. The number of hydrogen-bond acceptors (Lipinski definition) is 3. The molecule has 1 atom stereocenters. The summed E-state index contributed by atoms with van der Waals surface area (Å²) in [6.45, 7) is 7.11. The summed E-state index contributed by atoms with van der Waals surface area (Å²) in [5.74, 6) is 0.834. The molecule has 1 N–H and O–H groups in total. The van der Waals surface area contributed by atoms with Crippen LogP contribution in [-0.4, -0.2) is 49.8 Å². The molecule has 3 rings (SSSR count). The van der Waals surface area contributed by atoms with Crippen LogP contribution in [0.2, 0.25) is 0 Å². The van der Waals surface area contributed by atoms with Crippen molar-refractivity contribution in [1.29, 1.82) is 0 Å². The molecular weight excluding hydrogens is 224 g/mol. The number of nitrogens with one attached hydrogen (secondary N) is 1. The Hall–Kier alpha value is -0.120. The first kappa shape index (κ1) is 12.9. The van der Waals surface area contributed by atoms with Crippen LogP contribution in [0.1, 0.15) is 44.9 Å². The molecule has 0 radical (unpaired) electrons. The molecule has 2 aliphatic heterocycles. The zero-order valence-corrected chi connectivity index (χ0v) is 11.6. The van der Waals surface area contributed by atoms with Gasteiger partial charge in [0.25, 0.3) is 0 Å². The maximum absolute atomic E-state index is 5.48. The standard InChI is InChI=1S/C15H28N2O/c1-2-7-15(6-1)13-17(9-3-8-16-15)10-4-14-5-11-18-12-14/h14,16H,1-13H2. The molecule has 0 bridgehead atoms. The van der Waals surface area contributed by atoms with Gasteiger partial charge >= 0.3 is 0 Å². The molecule has 0 amide bonds. The molecule has 2 saturated heterocycles. The summed E-state index contributed by atoms with van der Waals surface area (Å²) in [6, 6.07) is 0. The van der Waals surface area contributed by atoms with Crippen molar-refractivity contribution in [2.75, 3.05) is 39.4 Å². The van der Waals surface area contributed by atoms with E-state index >= 15 is 0 Å². The summed E-state index contributed by atoms with van der Waals surface area (Å²) in [5, 5.41) is 3.85. The zero-order chi connectivity index (χ0) is 12.3. The molecule has 3 aliphatic rings. The first-order valence-electron chi connectivity index (χ1n) is 7.91. The summed E-state index contributed by atoms with van der Waals surface area (Å²) < 4.78 is 5.48. The molecule has 3 heteroatoms. The van der Waals surface area contributed by atoms with E-state index in [0.29, 0.717) is 5.54 Å². The van der Waals surface area contributed by atoms with Gasteiger partial charge in [0.15, 0.2) is 0 Å². The second-order valence-corrected chi connectivity index (χ2v) is 6.56. The summed E-state index contributed by atoms with van der Waals surface area (Å²) in [7, 11) is 0. The van der Waals surface area contributed by atoms with Crippen molar-refractivity contribution in [3.63, 3.8) is 0 Å². The predicted molar refractivity (Wildman–Crippen MR) is 73.8 cm³/mol. The second kappa shape index (κ2) is 5.89. The van der Waals surface area contributed by atoms with Crippen molar-refractivity contribution < 1.29 is 4.74 Å².